The van der Waals surface area contributed by atoms with Gasteiger partial charge in [-0.1, -0.05) is 34.7 Å². The van der Waals surface area contributed by atoms with E-state index in [1.54, 1.807) is 75.6 Å². The number of fused-ring (bicyclic) bond motifs is 4. The summed E-state index contributed by atoms with van der Waals surface area (Å²) in [6.45, 7) is 20.6. The average molecular weight is 1100 g/mol. The van der Waals surface area contributed by atoms with Crippen molar-refractivity contribution in [2.75, 3.05) is 43.8 Å². The molecule has 18 nitrogen and oxygen atoms in total. The second-order valence-electron chi connectivity index (χ2n) is 21.8. The standard InChI is InChI=1S/C56H69BrN4O14/c1-32-19-41-51(72-47-15-11-13-17-68-47)61(54(65)75-56(6,7)8)40-27-46(44(67-10)25-38(40)50(63)58(41)28-32)71-31-35-21-34(22-37(57)23-35)30-70-45-26-39-36(24-43(45)66-9)29-59-42(20-33(2)49(59)62)52(73-48-16-12-14-18-69-48)60(39)53(64)74-55(3,4)5/h21-27,41-42,47-48,51-52H,1-2,11-20,28-31H2,3-10H3/t41-,42-,47?,48?,51-,52-/m0/s1. The Balaban J connectivity index is 1.01. The predicted octanol–water partition coefficient (Wildman–Crippen LogP) is 10.3. The fourth-order valence-electron chi connectivity index (χ4n) is 10.4. The Labute approximate surface area is 447 Å². The number of nitrogens with zero attached hydrogens (tertiary/aromatic N) is 4. The zero-order valence-electron chi connectivity index (χ0n) is 44.2. The van der Waals surface area contributed by atoms with Crippen LogP contribution in [0.2, 0.25) is 0 Å². The smallest absolute Gasteiger partial charge is 0.417 e. The van der Waals surface area contributed by atoms with E-state index in [9.17, 15) is 19.2 Å². The fraction of sp³-hybridized carbons (Fsp3) is 0.536. The van der Waals surface area contributed by atoms with Gasteiger partial charge in [0.15, 0.2) is 48.0 Å². The highest BCUT2D eigenvalue weighted by molar-refractivity contribution is 9.10. The molecule has 6 heterocycles. The number of methoxy groups -OCH3 is 2. The van der Waals surface area contributed by atoms with Crippen LogP contribution in [0.5, 0.6) is 23.0 Å². The lowest BCUT2D eigenvalue weighted by Crippen LogP contribution is -2.54. The molecule has 0 radical (unpaired) electrons. The molecule has 4 amide bonds. The predicted molar refractivity (Wildman–Crippen MR) is 280 cm³/mol. The molecule has 6 atom stereocenters. The summed E-state index contributed by atoms with van der Waals surface area (Å²) in [5.74, 6) is 0.715. The molecule has 0 bridgehead atoms. The zero-order valence-corrected chi connectivity index (χ0v) is 45.8. The molecule has 75 heavy (non-hydrogen) atoms. The maximum atomic E-state index is 14.6. The van der Waals surface area contributed by atoms with Crippen molar-refractivity contribution in [1.29, 1.82) is 0 Å². The number of ether oxygens (including phenoxy) is 10. The van der Waals surface area contributed by atoms with E-state index < -0.39 is 60.5 Å². The van der Waals surface area contributed by atoms with Crippen LogP contribution in [0.25, 0.3) is 0 Å². The van der Waals surface area contributed by atoms with Crippen LogP contribution in [0.4, 0.5) is 21.0 Å². The average Bonchev–Trinajstić information content (AvgIpc) is 3.81. The molecule has 0 aromatic heterocycles. The number of carbonyl (C=O) groups excluding carboxylic acids is 4. The van der Waals surface area contributed by atoms with Crippen LogP contribution in [-0.4, -0.2) is 116 Å². The summed E-state index contributed by atoms with van der Waals surface area (Å²) in [5.41, 5.74) is 2.53. The van der Waals surface area contributed by atoms with Crippen molar-refractivity contribution in [2.24, 2.45) is 0 Å². The van der Waals surface area contributed by atoms with Crippen molar-refractivity contribution in [3.63, 3.8) is 0 Å². The van der Waals surface area contributed by atoms with E-state index in [-0.39, 0.29) is 60.7 Å². The first-order valence-corrected chi connectivity index (χ1v) is 26.5. The number of hydrogen-bond donors (Lipinski definition) is 0. The van der Waals surface area contributed by atoms with E-state index >= 15 is 0 Å². The van der Waals surface area contributed by atoms with Crippen molar-refractivity contribution in [1.82, 2.24) is 9.80 Å². The Morgan fingerprint density at radius 3 is 1.67 bits per heavy atom. The summed E-state index contributed by atoms with van der Waals surface area (Å²) < 4.78 is 63.1. The van der Waals surface area contributed by atoms with Gasteiger partial charge in [0.1, 0.15) is 24.4 Å². The van der Waals surface area contributed by atoms with Gasteiger partial charge in [-0.15, -0.1) is 0 Å². The number of amides is 4. The number of benzene rings is 3. The van der Waals surface area contributed by atoms with Gasteiger partial charge in [-0.25, -0.2) is 19.4 Å². The van der Waals surface area contributed by atoms with Crippen molar-refractivity contribution < 1.29 is 66.5 Å². The normalized spacial score (nSPS) is 23.9. The Morgan fingerprint density at radius 2 is 1.15 bits per heavy atom. The van der Waals surface area contributed by atoms with Crippen molar-refractivity contribution >= 4 is 51.3 Å². The maximum Gasteiger partial charge on any atom is 0.417 e. The van der Waals surface area contributed by atoms with Gasteiger partial charge < -0.3 is 57.2 Å². The molecule has 6 aliphatic heterocycles. The summed E-state index contributed by atoms with van der Waals surface area (Å²) in [6.07, 6.45) is 1.01. The van der Waals surface area contributed by atoms with Crippen LogP contribution in [0.3, 0.4) is 0 Å². The van der Waals surface area contributed by atoms with Crippen molar-refractivity contribution in [3.8, 4) is 23.0 Å². The van der Waals surface area contributed by atoms with Gasteiger partial charge in [-0.05, 0) is 134 Å². The summed E-state index contributed by atoms with van der Waals surface area (Å²) in [7, 11) is 3.02. The molecule has 6 aliphatic rings. The number of hydrogen-bond acceptors (Lipinski definition) is 14. The number of rotatable bonds is 12. The minimum atomic E-state index is -0.982. The highest BCUT2D eigenvalue weighted by Crippen LogP contribution is 2.46. The molecule has 0 N–H and O–H groups in total. The summed E-state index contributed by atoms with van der Waals surface area (Å²) in [6, 6.07) is 11.3. The summed E-state index contributed by atoms with van der Waals surface area (Å²) in [4.78, 5) is 63.6. The number of carbonyl (C=O) groups is 4. The first kappa shape index (κ1) is 53.9. The molecule has 4 fully saturated rings. The molecule has 2 unspecified atom stereocenters. The minimum absolute atomic E-state index is 0.0360. The van der Waals surface area contributed by atoms with Gasteiger partial charge in [0, 0.05) is 54.9 Å². The molecule has 0 spiro atoms. The van der Waals surface area contributed by atoms with Crippen LogP contribution in [0, 0.1) is 0 Å². The van der Waals surface area contributed by atoms with Gasteiger partial charge >= 0.3 is 12.2 Å². The lowest BCUT2D eigenvalue weighted by atomic mass is 10.1. The molecular formula is C56H69BrN4O14. The minimum Gasteiger partial charge on any atom is -0.493 e. The number of halogens is 1. The topological polar surface area (TPSA) is 174 Å². The lowest BCUT2D eigenvalue weighted by molar-refractivity contribution is -0.198. The van der Waals surface area contributed by atoms with Crippen LogP contribution >= 0.6 is 15.9 Å². The van der Waals surface area contributed by atoms with Crippen LogP contribution in [-0.2, 0) is 53.0 Å². The van der Waals surface area contributed by atoms with Gasteiger partial charge in [-0.3, -0.25) is 9.59 Å². The molecule has 3 aromatic carbocycles. The maximum absolute atomic E-state index is 14.6. The first-order valence-electron chi connectivity index (χ1n) is 25.7. The van der Waals surface area contributed by atoms with Gasteiger partial charge in [0.25, 0.3) is 5.91 Å². The lowest BCUT2D eigenvalue weighted by Gasteiger charge is -2.39. The van der Waals surface area contributed by atoms with E-state index in [2.05, 4.69) is 29.1 Å². The Morgan fingerprint density at radius 1 is 0.640 bits per heavy atom. The second kappa shape index (κ2) is 22.0. The third kappa shape index (κ3) is 11.9. The van der Waals surface area contributed by atoms with E-state index in [0.717, 1.165) is 46.9 Å². The summed E-state index contributed by atoms with van der Waals surface area (Å²) >= 11 is 3.68. The van der Waals surface area contributed by atoms with E-state index in [1.807, 2.05) is 18.2 Å². The Bertz CT molecular complexity index is 2710. The summed E-state index contributed by atoms with van der Waals surface area (Å²) in [5, 5.41) is 0. The quantitative estimate of drug-likeness (QED) is 0.124. The molecule has 4 saturated heterocycles. The molecule has 404 valence electrons. The largest absolute Gasteiger partial charge is 0.493 e. The zero-order chi connectivity index (χ0) is 53.5. The van der Waals surface area contributed by atoms with E-state index in [1.165, 1.54) is 24.0 Å². The third-order valence-electron chi connectivity index (χ3n) is 13.7. The molecule has 0 aliphatic carbocycles. The van der Waals surface area contributed by atoms with Gasteiger partial charge in [0.05, 0.1) is 43.2 Å². The van der Waals surface area contributed by atoms with E-state index in [4.69, 9.17) is 47.4 Å². The molecular weight excluding hydrogens is 1030 g/mol. The Hall–Kier alpha value is -5.86. The Kier molecular flexibility index (Phi) is 15.8. The molecule has 9 rings (SSSR count). The molecule has 0 saturated carbocycles. The van der Waals surface area contributed by atoms with Crippen LogP contribution in [0.15, 0.2) is 71.2 Å². The van der Waals surface area contributed by atoms with Crippen LogP contribution < -0.4 is 28.7 Å². The van der Waals surface area contributed by atoms with Crippen molar-refractivity contribution in [2.45, 2.75) is 161 Å². The number of anilines is 2. The second-order valence-corrected chi connectivity index (χ2v) is 22.7. The fourth-order valence-corrected chi connectivity index (χ4v) is 11.0. The monoisotopic (exact) mass is 1100 g/mol. The van der Waals surface area contributed by atoms with Gasteiger partial charge in [0.2, 0.25) is 5.91 Å². The highest BCUT2D eigenvalue weighted by Gasteiger charge is 2.51. The third-order valence-corrected chi connectivity index (χ3v) is 14.2. The molecule has 3 aromatic rings. The van der Waals surface area contributed by atoms with Crippen LogP contribution in [0.1, 0.15) is 120 Å². The highest BCUT2D eigenvalue weighted by atomic mass is 79.9. The SMILES string of the molecule is C=C1C[C@H]2[C@H](OC3CCCCO3)N(C(=O)OC(C)(C)C)c3cc(OCc4cc(Br)cc(COc5cc6c(cc5OC)CN5C(=O)C(=C)C[C@H]5[C@H](OC5CCCCO5)N6C(=O)OC(C)(C)C)c4)c(OC)cc3C(=O)N2C1. The van der Waals surface area contributed by atoms with E-state index in [0.29, 0.717) is 67.3 Å². The van der Waals surface area contributed by atoms with Crippen molar-refractivity contribution in [3.05, 3.63) is 93.5 Å². The molecule has 19 heteroatoms. The van der Waals surface area contributed by atoms with Gasteiger partial charge in [-0.2, -0.15) is 0 Å². The first-order chi connectivity index (χ1) is 35.7.